The Morgan fingerprint density at radius 1 is 0.963 bits per heavy atom. The minimum atomic E-state index is -3.63. The molecular weight excluding hydrogens is 370 g/mol. The summed E-state index contributed by atoms with van der Waals surface area (Å²) in [4.78, 5) is 0.141. The lowest BCUT2D eigenvalue weighted by Gasteiger charge is -2.29. The molecule has 2 aromatic rings. The Balaban J connectivity index is 1.69. The van der Waals surface area contributed by atoms with Crippen LogP contribution in [0.25, 0.3) is 11.1 Å². The highest BCUT2D eigenvalue weighted by Gasteiger charge is 2.25. The Morgan fingerprint density at radius 2 is 1.59 bits per heavy atom. The molecule has 0 atom stereocenters. The molecule has 146 valence electrons. The molecule has 1 saturated carbocycles. The van der Waals surface area contributed by atoms with Crippen LogP contribution < -0.4 is 10.0 Å². The van der Waals surface area contributed by atoms with Crippen molar-refractivity contribution in [3.63, 3.8) is 0 Å². The second-order valence-corrected chi connectivity index (χ2v) is 8.59. The molecule has 0 spiro atoms. The lowest BCUT2D eigenvalue weighted by atomic mass is 9.92. The molecule has 0 aliphatic heterocycles. The van der Waals surface area contributed by atoms with Crippen LogP contribution in [-0.2, 0) is 10.0 Å². The third-order valence-corrected chi connectivity index (χ3v) is 6.48. The van der Waals surface area contributed by atoms with E-state index in [1.807, 2.05) is 0 Å². The van der Waals surface area contributed by atoms with Gasteiger partial charge in [0.15, 0.2) is 0 Å². The number of sulfonamides is 1. The lowest BCUT2D eigenvalue weighted by Crippen LogP contribution is -2.42. The summed E-state index contributed by atoms with van der Waals surface area (Å²) in [5.74, 6) is -1.33. The van der Waals surface area contributed by atoms with Crippen LogP contribution >= 0.6 is 0 Å². The summed E-state index contributed by atoms with van der Waals surface area (Å²) >= 11 is 0. The average molecular weight is 394 g/mol. The zero-order valence-corrected chi connectivity index (χ0v) is 16.0. The Bertz CT molecular complexity index is 877. The monoisotopic (exact) mass is 394 g/mol. The number of benzene rings is 2. The van der Waals surface area contributed by atoms with Crippen molar-refractivity contribution >= 4 is 10.0 Å². The Morgan fingerprint density at radius 3 is 2.19 bits per heavy atom. The molecule has 4 nitrogen and oxygen atoms in total. The topological polar surface area (TPSA) is 58.2 Å². The molecule has 7 heteroatoms. The van der Waals surface area contributed by atoms with Crippen molar-refractivity contribution in [2.24, 2.45) is 0 Å². The van der Waals surface area contributed by atoms with Gasteiger partial charge in [0.1, 0.15) is 11.6 Å². The minimum absolute atomic E-state index is 0.0703. The summed E-state index contributed by atoms with van der Waals surface area (Å²) in [6.45, 7) is 2.98. The summed E-state index contributed by atoms with van der Waals surface area (Å²) in [6.07, 6.45) is 3.50. The van der Waals surface area contributed by atoms with Gasteiger partial charge in [-0.2, -0.15) is 0 Å². The third-order valence-electron chi connectivity index (χ3n) is 4.95. The molecule has 27 heavy (non-hydrogen) atoms. The molecular formula is C20H24F2N2O2S. The first-order valence-corrected chi connectivity index (χ1v) is 10.7. The van der Waals surface area contributed by atoms with Gasteiger partial charge in [-0.05, 0) is 62.1 Å². The van der Waals surface area contributed by atoms with Gasteiger partial charge in [0.2, 0.25) is 10.0 Å². The molecule has 0 saturated heterocycles. The van der Waals surface area contributed by atoms with Gasteiger partial charge >= 0.3 is 0 Å². The fourth-order valence-electron chi connectivity index (χ4n) is 3.53. The SMILES string of the molecule is CCNC1CCC(NS(=O)(=O)c2ccc(-c3ccc(F)cc3F)cc2)CC1. The molecule has 0 aromatic heterocycles. The van der Waals surface area contributed by atoms with E-state index in [1.54, 1.807) is 0 Å². The first-order valence-electron chi connectivity index (χ1n) is 9.20. The maximum Gasteiger partial charge on any atom is 0.240 e. The smallest absolute Gasteiger partial charge is 0.240 e. The second kappa shape index (κ2) is 8.46. The van der Waals surface area contributed by atoms with E-state index in [0.29, 0.717) is 11.6 Å². The van der Waals surface area contributed by atoms with Crippen LogP contribution in [0.15, 0.2) is 47.4 Å². The van der Waals surface area contributed by atoms with Crippen molar-refractivity contribution in [1.29, 1.82) is 0 Å². The molecule has 0 unspecified atom stereocenters. The number of nitrogens with one attached hydrogen (secondary N) is 2. The number of halogens is 2. The largest absolute Gasteiger partial charge is 0.314 e. The fourth-order valence-corrected chi connectivity index (χ4v) is 4.83. The third kappa shape index (κ3) is 4.91. The number of hydrogen-bond donors (Lipinski definition) is 2. The maximum absolute atomic E-state index is 13.9. The predicted molar refractivity (Wildman–Crippen MR) is 102 cm³/mol. The zero-order chi connectivity index (χ0) is 19.4. The lowest BCUT2D eigenvalue weighted by molar-refractivity contribution is 0.333. The van der Waals surface area contributed by atoms with Crippen molar-refractivity contribution in [2.75, 3.05) is 6.54 Å². The molecule has 0 radical (unpaired) electrons. The van der Waals surface area contributed by atoms with E-state index in [1.165, 1.54) is 36.4 Å². The summed E-state index contributed by atoms with van der Waals surface area (Å²) in [5, 5.41) is 3.40. The van der Waals surface area contributed by atoms with Gasteiger partial charge in [0, 0.05) is 23.7 Å². The highest BCUT2D eigenvalue weighted by molar-refractivity contribution is 7.89. The summed E-state index contributed by atoms with van der Waals surface area (Å²) in [6, 6.07) is 9.68. The summed E-state index contributed by atoms with van der Waals surface area (Å²) < 4.78 is 54.9. The Hall–Kier alpha value is -1.83. The highest BCUT2D eigenvalue weighted by Crippen LogP contribution is 2.26. The van der Waals surface area contributed by atoms with Crippen molar-refractivity contribution in [3.05, 3.63) is 54.1 Å². The van der Waals surface area contributed by atoms with Crippen LogP contribution in [0.2, 0.25) is 0 Å². The highest BCUT2D eigenvalue weighted by atomic mass is 32.2. The average Bonchev–Trinajstić information content (AvgIpc) is 2.63. The van der Waals surface area contributed by atoms with E-state index >= 15 is 0 Å². The fraction of sp³-hybridized carbons (Fsp3) is 0.400. The molecule has 2 N–H and O–H groups in total. The standard InChI is InChI=1S/C20H24F2N2O2S/c1-2-23-16-6-8-17(9-7-16)24-27(25,26)18-10-3-14(4-11-18)19-12-5-15(21)13-20(19)22/h3-5,10-13,16-17,23-24H,2,6-9H2,1H3. The molecule has 0 amide bonds. The van der Waals surface area contributed by atoms with E-state index in [9.17, 15) is 17.2 Å². The summed E-state index contributed by atoms with van der Waals surface area (Å²) in [5.41, 5.74) is 0.729. The van der Waals surface area contributed by atoms with Gasteiger partial charge in [-0.3, -0.25) is 0 Å². The van der Waals surface area contributed by atoms with Crippen molar-refractivity contribution in [1.82, 2.24) is 10.0 Å². The molecule has 0 bridgehead atoms. The van der Waals surface area contributed by atoms with Crippen molar-refractivity contribution in [3.8, 4) is 11.1 Å². The minimum Gasteiger partial charge on any atom is -0.314 e. The molecule has 1 aliphatic carbocycles. The Labute approximate surface area is 159 Å². The van der Waals surface area contributed by atoms with E-state index in [0.717, 1.165) is 38.3 Å². The van der Waals surface area contributed by atoms with Gasteiger partial charge in [0.25, 0.3) is 0 Å². The molecule has 3 rings (SSSR count). The van der Waals surface area contributed by atoms with Gasteiger partial charge in [-0.25, -0.2) is 21.9 Å². The van der Waals surface area contributed by atoms with Gasteiger partial charge < -0.3 is 5.32 Å². The first kappa shape index (κ1) is 19.9. The van der Waals surface area contributed by atoms with Crippen LogP contribution in [0.4, 0.5) is 8.78 Å². The quantitative estimate of drug-likeness (QED) is 0.783. The number of hydrogen-bond acceptors (Lipinski definition) is 3. The van der Waals surface area contributed by atoms with Crippen LogP contribution in [0.3, 0.4) is 0 Å². The van der Waals surface area contributed by atoms with Crippen LogP contribution in [-0.4, -0.2) is 27.0 Å². The number of rotatable bonds is 6. The van der Waals surface area contributed by atoms with E-state index in [-0.39, 0.29) is 16.5 Å². The Kier molecular flexibility index (Phi) is 6.24. The van der Waals surface area contributed by atoms with Gasteiger partial charge in [-0.1, -0.05) is 19.1 Å². The molecule has 1 aliphatic rings. The molecule has 0 heterocycles. The van der Waals surface area contributed by atoms with E-state index in [2.05, 4.69) is 17.0 Å². The van der Waals surface area contributed by atoms with E-state index in [4.69, 9.17) is 0 Å². The van der Waals surface area contributed by atoms with E-state index < -0.39 is 21.7 Å². The van der Waals surface area contributed by atoms with Crippen LogP contribution in [0.5, 0.6) is 0 Å². The van der Waals surface area contributed by atoms with Gasteiger partial charge in [0.05, 0.1) is 4.90 Å². The molecule has 2 aromatic carbocycles. The van der Waals surface area contributed by atoms with Gasteiger partial charge in [-0.15, -0.1) is 0 Å². The predicted octanol–water partition coefficient (Wildman–Crippen LogP) is 3.83. The van der Waals surface area contributed by atoms with Crippen molar-refractivity contribution in [2.45, 2.75) is 49.6 Å². The van der Waals surface area contributed by atoms with Crippen molar-refractivity contribution < 1.29 is 17.2 Å². The summed E-state index contributed by atoms with van der Waals surface area (Å²) in [7, 11) is -3.63. The zero-order valence-electron chi connectivity index (χ0n) is 15.2. The normalized spacial score (nSPS) is 20.6. The maximum atomic E-state index is 13.9. The second-order valence-electron chi connectivity index (χ2n) is 6.88. The molecule has 1 fully saturated rings. The van der Waals surface area contributed by atoms with Crippen LogP contribution in [0, 0.1) is 11.6 Å². The first-order chi connectivity index (χ1) is 12.9. The van der Waals surface area contributed by atoms with Crippen LogP contribution in [0.1, 0.15) is 32.6 Å².